The van der Waals surface area contributed by atoms with Crippen molar-refractivity contribution in [3.05, 3.63) is 0 Å². The van der Waals surface area contributed by atoms with E-state index in [4.69, 9.17) is 9.47 Å². The van der Waals surface area contributed by atoms with Gasteiger partial charge >= 0.3 is 11.9 Å². The average molecular weight is 553 g/mol. The molecule has 232 valence electrons. The molecule has 0 saturated carbocycles. The maximum Gasteiger partial charge on any atom is 0.306 e. The van der Waals surface area contributed by atoms with E-state index < -0.39 is 0 Å². The van der Waals surface area contributed by atoms with Crippen LogP contribution in [-0.2, 0) is 19.1 Å². The first-order valence-electron chi connectivity index (χ1n) is 17.2. The number of hydrogen-bond acceptors (Lipinski definition) is 4. The molecule has 0 bridgehead atoms. The van der Waals surface area contributed by atoms with Crippen molar-refractivity contribution in [3.8, 4) is 0 Å². The van der Waals surface area contributed by atoms with Crippen LogP contribution < -0.4 is 0 Å². The highest BCUT2D eigenvalue weighted by atomic mass is 16.5. The number of carbonyl (C=O) groups is 2. The molecule has 0 radical (unpaired) electrons. The summed E-state index contributed by atoms with van der Waals surface area (Å²) in [6.45, 7) is 12.3. The third-order valence-corrected chi connectivity index (χ3v) is 7.90. The molecule has 0 amide bonds. The summed E-state index contributed by atoms with van der Waals surface area (Å²) in [4.78, 5) is 23.9. The number of rotatable bonds is 29. The highest BCUT2D eigenvalue weighted by molar-refractivity contribution is 5.69. The quantitative estimate of drug-likeness (QED) is 0.0684. The molecule has 0 spiro atoms. The number of esters is 2. The minimum atomic E-state index is -0.00678. The zero-order chi connectivity index (χ0) is 29.0. The topological polar surface area (TPSA) is 52.6 Å². The fourth-order valence-electron chi connectivity index (χ4n) is 5.15. The van der Waals surface area contributed by atoms with Crippen molar-refractivity contribution in [2.45, 2.75) is 182 Å². The third kappa shape index (κ3) is 29.7. The van der Waals surface area contributed by atoms with Gasteiger partial charge in [0.1, 0.15) is 0 Å². The molecule has 0 saturated heterocycles. The molecule has 0 aromatic rings. The fourth-order valence-corrected chi connectivity index (χ4v) is 5.15. The average Bonchev–Trinajstić information content (AvgIpc) is 2.89. The van der Waals surface area contributed by atoms with E-state index in [2.05, 4.69) is 34.6 Å². The molecule has 0 fully saturated rings. The van der Waals surface area contributed by atoms with Gasteiger partial charge in [0.05, 0.1) is 13.2 Å². The van der Waals surface area contributed by atoms with E-state index in [0.29, 0.717) is 32.0 Å². The number of hydrogen-bond donors (Lipinski definition) is 0. The second kappa shape index (κ2) is 28.5. The minimum Gasteiger partial charge on any atom is -0.466 e. The largest absolute Gasteiger partial charge is 0.466 e. The highest BCUT2D eigenvalue weighted by Gasteiger charge is 2.13. The Morgan fingerprint density at radius 3 is 1.31 bits per heavy atom. The Morgan fingerprint density at radius 2 is 0.872 bits per heavy atom. The van der Waals surface area contributed by atoms with Crippen molar-refractivity contribution in [1.29, 1.82) is 0 Å². The number of unbranched alkanes of at least 4 members (excludes halogenated alkanes) is 14. The lowest BCUT2D eigenvalue weighted by Crippen LogP contribution is -2.12. The van der Waals surface area contributed by atoms with Crippen LogP contribution in [0.4, 0.5) is 0 Å². The second-order valence-corrected chi connectivity index (χ2v) is 12.8. The van der Waals surface area contributed by atoms with E-state index >= 15 is 0 Å². The summed E-state index contributed by atoms with van der Waals surface area (Å²) in [6, 6.07) is 0. The van der Waals surface area contributed by atoms with Crippen LogP contribution in [0.1, 0.15) is 182 Å². The summed E-state index contributed by atoms with van der Waals surface area (Å²) in [6.07, 6.45) is 26.9. The second-order valence-electron chi connectivity index (χ2n) is 12.8. The van der Waals surface area contributed by atoms with Crippen molar-refractivity contribution in [1.82, 2.24) is 0 Å². The van der Waals surface area contributed by atoms with Gasteiger partial charge in [-0.2, -0.15) is 0 Å². The van der Waals surface area contributed by atoms with Crippen molar-refractivity contribution in [2.24, 2.45) is 17.8 Å². The predicted molar refractivity (Wildman–Crippen MR) is 167 cm³/mol. The van der Waals surface area contributed by atoms with Gasteiger partial charge in [-0.1, -0.05) is 131 Å². The first-order chi connectivity index (χ1) is 18.8. The molecule has 1 atom stereocenters. The van der Waals surface area contributed by atoms with E-state index in [-0.39, 0.29) is 11.9 Å². The molecular weight excluding hydrogens is 484 g/mol. The maximum atomic E-state index is 12.1. The summed E-state index contributed by atoms with van der Waals surface area (Å²) >= 11 is 0. The summed E-state index contributed by atoms with van der Waals surface area (Å²) in [5, 5.41) is 0. The normalized spacial score (nSPS) is 12.3. The fraction of sp³-hybridized carbons (Fsp3) is 0.943. The molecule has 4 nitrogen and oxygen atoms in total. The van der Waals surface area contributed by atoms with E-state index in [1.54, 1.807) is 0 Å². The van der Waals surface area contributed by atoms with Gasteiger partial charge in [0.25, 0.3) is 0 Å². The van der Waals surface area contributed by atoms with Crippen molar-refractivity contribution in [3.63, 3.8) is 0 Å². The standard InChI is InChI=1S/C35H68O4/c1-6-33(30-35(37)39-29-23-21-25-32(4)5)26-18-16-14-12-10-8-7-9-11-13-15-17-19-27-34(36)38-28-22-20-24-31(2)3/h31-33H,6-30H2,1-5H3. The van der Waals surface area contributed by atoms with Crippen LogP contribution >= 0.6 is 0 Å². The molecule has 0 heterocycles. The van der Waals surface area contributed by atoms with Gasteiger partial charge in [0, 0.05) is 12.8 Å². The SMILES string of the molecule is CCC(CCCCCCCCCCCCCCCC(=O)OCCCCC(C)C)CC(=O)OCCCCC(C)C. The number of carbonyl (C=O) groups excluding carboxylic acids is 2. The van der Waals surface area contributed by atoms with Crippen molar-refractivity contribution in [2.75, 3.05) is 13.2 Å². The number of ether oxygens (including phenoxy) is 2. The van der Waals surface area contributed by atoms with E-state index in [0.717, 1.165) is 56.8 Å². The van der Waals surface area contributed by atoms with Gasteiger partial charge in [-0.3, -0.25) is 9.59 Å². The zero-order valence-electron chi connectivity index (χ0n) is 27.0. The Morgan fingerprint density at radius 1 is 0.487 bits per heavy atom. The molecule has 0 aromatic heterocycles. The summed E-state index contributed by atoms with van der Waals surface area (Å²) in [5.41, 5.74) is 0. The van der Waals surface area contributed by atoms with Gasteiger partial charge in [-0.15, -0.1) is 0 Å². The summed E-state index contributed by atoms with van der Waals surface area (Å²) in [7, 11) is 0. The minimum absolute atomic E-state index is 0.00678. The molecule has 0 aliphatic carbocycles. The van der Waals surface area contributed by atoms with Crippen LogP contribution in [0.5, 0.6) is 0 Å². The molecule has 0 aliphatic heterocycles. The van der Waals surface area contributed by atoms with E-state index in [1.165, 1.54) is 89.9 Å². The van der Waals surface area contributed by atoms with Gasteiger partial charge in [-0.25, -0.2) is 0 Å². The van der Waals surface area contributed by atoms with Crippen LogP contribution in [0.15, 0.2) is 0 Å². The first-order valence-corrected chi connectivity index (χ1v) is 17.2. The lowest BCUT2D eigenvalue weighted by atomic mass is 9.95. The van der Waals surface area contributed by atoms with Gasteiger partial charge in [0.15, 0.2) is 0 Å². The van der Waals surface area contributed by atoms with Gasteiger partial charge in [-0.05, 0) is 56.3 Å². The Hall–Kier alpha value is -1.06. The molecule has 39 heavy (non-hydrogen) atoms. The maximum absolute atomic E-state index is 12.1. The predicted octanol–water partition coefficient (Wildman–Crippen LogP) is 11.0. The Bertz CT molecular complexity index is 543. The van der Waals surface area contributed by atoms with Crippen LogP contribution in [0, 0.1) is 17.8 Å². The van der Waals surface area contributed by atoms with Gasteiger partial charge in [0.2, 0.25) is 0 Å². The molecule has 0 aliphatic rings. The van der Waals surface area contributed by atoms with E-state index in [1.807, 2.05) is 0 Å². The van der Waals surface area contributed by atoms with Crippen LogP contribution in [-0.4, -0.2) is 25.2 Å². The Labute approximate surface area is 244 Å². The van der Waals surface area contributed by atoms with Crippen LogP contribution in [0.3, 0.4) is 0 Å². The van der Waals surface area contributed by atoms with Crippen molar-refractivity contribution >= 4 is 11.9 Å². The lowest BCUT2D eigenvalue weighted by Gasteiger charge is -2.14. The van der Waals surface area contributed by atoms with Crippen LogP contribution in [0.2, 0.25) is 0 Å². The first kappa shape index (κ1) is 37.9. The molecule has 4 heteroatoms. The third-order valence-electron chi connectivity index (χ3n) is 7.90. The Kier molecular flexibility index (Phi) is 27.7. The van der Waals surface area contributed by atoms with E-state index in [9.17, 15) is 9.59 Å². The highest BCUT2D eigenvalue weighted by Crippen LogP contribution is 2.20. The molecule has 0 N–H and O–H groups in total. The lowest BCUT2D eigenvalue weighted by molar-refractivity contribution is -0.145. The van der Waals surface area contributed by atoms with Crippen LogP contribution in [0.25, 0.3) is 0 Å². The van der Waals surface area contributed by atoms with Gasteiger partial charge < -0.3 is 9.47 Å². The molecular formula is C35H68O4. The molecule has 0 rings (SSSR count). The monoisotopic (exact) mass is 553 g/mol. The van der Waals surface area contributed by atoms with Crippen molar-refractivity contribution < 1.29 is 19.1 Å². The summed E-state index contributed by atoms with van der Waals surface area (Å²) in [5.74, 6) is 1.96. The zero-order valence-corrected chi connectivity index (χ0v) is 27.0. The Balaban J connectivity index is 3.40. The molecule has 1 unspecified atom stereocenters. The molecule has 0 aromatic carbocycles. The smallest absolute Gasteiger partial charge is 0.306 e. The summed E-state index contributed by atoms with van der Waals surface area (Å²) < 4.78 is 10.8.